The number of unbranched alkanes of at least 4 members (excludes halogenated alkanes) is 5. The number of hydrogen-bond donors (Lipinski definition) is 0. The molecule has 0 bridgehead atoms. The first-order valence-electron chi connectivity index (χ1n) is 31.5. The molecule has 1 aromatic heterocycles. The third kappa shape index (κ3) is 11.8. The average molecular weight is 1140 g/mol. The van der Waals surface area contributed by atoms with E-state index in [1.165, 1.54) is 122 Å². The molecule has 0 aliphatic carbocycles. The molecular weight excluding hydrogens is 1060 g/mol. The minimum absolute atomic E-state index is 1.11. The number of aromatic nitrogens is 1. The number of anilines is 9. The van der Waals surface area contributed by atoms with E-state index in [2.05, 4.69) is 339 Å². The Hall–Kier alpha value is -10.2. The zero-order valence-electron chi connectivity index (χ0n) is 51.4. The molecule has 0 unspecified atom stereocenters. The van der Waals surface area contributed by atoms with Crippen molar-refractivity contribution in [2.24, 2.45) is 0 Å². The molecule has 0 aliphatic rings. The Bertz CT molecular complexity index is 4450. The molecule has 0 spiro atoms. The number of hydrogen-bond acceptors (Lipinski definition) is 3. The highest BCUT2D eigenvalue weighted by Gasteiger charge is 2.21. The summed E-state index contributed by atoms with van der Waals surface area (Å²) in [7, 11) is 0. The van der Waals surface area contributed by atoms with Crippen molar-refractivity contribution in [3.05, 3.63) is 313 Å². The van der Waals surface area contributed by atoms with Crippen LogP contribution in [-0.2, 0) is 6.42 Å². The van der Waals surface area contributed by atoms with Gasteiger partial charge in [-0.1, -0.05) is 191 Å². The standard InChI is InChI=1S/C84H76N4/c1-6-7-8-9-10-15-26-64-37-43-71(44-38-64)86(73-47-41-66(42-48-73)81-58-62(4)80(57-63(81)5)65-39-45-72(46-40-65)85(67-27-16-11-17-28-67)68-29-18-12-19-30-68)74-49-52-77(60(2)55-74)78-53-50-75(56-61(78)3)87(69-31-20-13-21-32-69)76-51-54-84-82(59-76)79-35-24-25-36-83(79)88(84)70-33-22-14-23-34-70/h11-14,16-25,27-59H,6-10,15,26H2,1-5H3. The molecule has 0 amide bonds. The Morgan fingerprint density at radius 2 is 0.636 bits per heavy atom. The highest BCUT2D eigenvalue weighted by atomic mass is 15.2. The van der Waals surface area contributed by atoms with Crippen LogP contribution in [0.2, 0.25) is 0 Å². The molecular formula is C84H76N4. The molecule has 0 N–H and O–H groups in total. The zero-order chi connectivity index (χ0) is 59.9. The van der Waals surface area contributed by atoms with E-state index in [0.29, 0.717) is 0 Å². The summed E-state index contributed by atoms with van der Waals surface area (Å²) in [5.74, 6) is 0. The van der Waals surface area contributed by atoms with Crippen molar-refractivity contribution >= 4 is 73.0 Å². The molecule has 0 saturated carbocycles. The molecule has 13 rings (SSSR count). The van der Waals surface area contributed by atoms with Crippen molar-refractivity contribution in [1.82, 2.24) is 4.57 Å². The number of para-hydroxylation sites is 5. The summed E-state index contributed by atoms with van der Waals surface area (Å²) in [6.45, 7) is 11.3. The van der Waals surface area contributed by atoms with Crippen LogP contribution in [0.15, 0.2) is 285 Å². The second-order valence-electron chi connectivity index (χ2n) is 23.7. The van der Waals surface area contributed by atoms with Crippen LogP contribution >= 0.6 is 0 Å². The van der Waals surface area contributed by atoms with E-state index in [-0.39, 0.29) is 0 Å². The third-order valence-corrected chi connectivity index (χ3v) is 17.7. The van der Waals surface area contributed by atoms with E-state index >= 15 is 0 Å². The van der Waals surface area contributed by atoms with Gasteiger partial charge in [-0.15, -0.1) is 0 Å². The number of rotatable bonds is 20. The first-order valence-corrected chi connectivity index (χ1v) is 31.5. The predicted molar refractivity (Wildman–Crippen MR) is 377 cm³/mol. The lowest BCUT2D eigenvalue weighted by Crippen LogP contribution is -2.11. The minimum Gasteiger partial charge on any atom is -0.311 e. The van der Waals surface area contributed by atoms with Crippen molar-refractivity contribution < 1.29 is 0 Å². The van der Waals surface area contributed by atoms with E-state index in [0.717, 1.165) is 63.3 Å². The summed E-state index contributed by atoms with van der Waals surface area (Å²) in [6.07, 6.45) is 8.89. The fourth-order valence-electron chi connectivity index (χ4n) is 13.1. The molecule has 1 heterocycles. The first-order chi connectivity index (χ1) is 43.3. The number of fused-ring (bicyclic) bond motifs is 3. The van der Waals surface area contributed by atoms with Crippen LogP contribution < -0.4 is 14.7 Å². The summed E-state index contributed by atoms with van der Waals surface area (Å²) in [6, 6.07) is 105. The van der Waals surface area contributed by atoms with Gasteiger partial charge in [0.25, 0.3) is 0 Å². The third-order valence-electron chi connectivity index (χ3n) is 17.7. The second kappa shape index (κ2) is 25.8. The van der Waals surface area contributed by atoms with E-state index in [9.17, 15) is 0 Å². The first kappa shape index (κ1) is 56.9. The van der Waals surface area contributed by atoms with Crippen LogP contribution in [0.1, 0.15) is 73.3 Å². The second-order valence-corrected chi connectivity index (χ2v) is 23.7. The molecule has 0 fully saturated rings. The normalized spacial score (nSPS) is 11.3. The summed E-state index contributed by atoms with van der Waals surface area (Å²) >= 11 is 0. The Balaban J connectivity index is 0.801. The maximum Gasteiger partial charge on any atom is 0.0542 e. The van der Waals surface area contributed by atoms with Gasteiger partial charge in [-0.2, -0.15) is 0 Å². The van der Waals surface area contributed by atoms with E-state index in [1.807, 2.05) is 0 Å². The van der Waals surface area contributed by atoms with Crippen LogP contribution in [0.25, 0.3) is 60.9 Å². The van der Waals surface area contributed by atoms with Crippen LogP contribution in [0, 0.1) is 27.7 Å². The molecule has 0 aliphatic heterocycles. The van der Waals surface area contributed by atoms with Crippen molar-refractivity contribution in [2.75, 3.05) is 14.7 Å². The van der Waals surface area contributed by atoms with Gasteiger partial charge >= 0.3 is 0 Å². The maximum absolute atomic E-state index is 2.43. The quantitative estimate of drug-likeness (QED) is 0.0707. The highest BCUT2D eigenvalue weighted by Crippen LogP contribution is 2.44. The van der Waals surface area contributed by atoms with Gasteiger partial charge in [0.2, 0.25) is 0 Å². The fraction of sp³-hybridized carbons (Fsp3) is 0.143. The summed E-state index contributed by atoms with van der Waals surface area (Å²) in [5.41, 5.74) is 27.4. The van der Waals surface area contributed by atoms with Crippen molar-refractivity contribution in [2.45, 2.75) is 79.6 Å². The van der Waals surface area contributed by atoms with Crippen molar-refractivity contribution in [3.63, 3.8) is 0 Å². The zero-order valence-corrected chi connectivity index (χ0v) is 51.4. The minimum atomic E-state index is 1.11. The molecule has 88 heavy (non-hydrogen) atoms. The monoisotopic (exact) mass is 1140 g/mol. The predicted octanol–water partition coefficient (Wildman–Crippen LogP) is 24.3. The Morgan fingerprint density at radius 3 is 1.14 bits per heavy atom. The topological polar surface area (TPSA) is 14.7 Å². The largest absolute Gasteiger partial charge is 0.311 e. The molecule has 432 valence electrons. The lowest BCUT2D eigenvalue weighted by atomic mass is 9.91. The van der Waals surface area contributed by atoms with E-state index in [4.69, 9.17) is 0 Å². The van der Waals surface area contributed by atoms with Gasteiger partial charge < -0.3 is 19.3 Å². The van der Waals surface area contributed by atoms with E-state index in [1.54, 1.807) is 0 Å². The van der Waals surface area contributed by atoms with Gasteiger partial charge in [0.1, 0.15) is 0 Å². The smallest absolute Gasteiger partial charge is 0.0542 e. The van der Waals surface area contributed by atoms with Gasteiger partial charge in [-0.25, -0.2) is 0 Å². The number of benzene rings is 12. The van der Waals surface area contributed by atoms with Gasteiger partial charge in [0.15, 0.2) is 0 Å². The fourth-order valence-corrected chi connectivity index (χ4v) is 13.1. The summed E-state index contributed by atoms with van der Waals surface area (Å²) in [5, 5.41) is 2.46. The lowest BCUT2D eigenvalue weighted by molar-refractivity contribution is 0.607. The molecule has 0 radical (unpaired) electrons. The van der Waals surface area contributed by atoms with Gasteiger partial charge in [0, 0.05) is 67.6 Å². The SMILES string of the molecule is CCCCCCCCc1ccc(N(c2ccc(-c3cc(C)c(-c4ccc(N(c5ccccc5)c5ccccc5)cc4)cc3C)cc2)c2ccc(-c3ccc(N(c4ccccc4)c4ccc5c(c4)c4ccccc4n5-c4ccccc4)cc3C)c(C)c2)cc1. The van der Waals surface area contributed by atoms with Gasteiger partial charge in [-0.05, 0) is 235 Å². The molecule has 12 aromatic carbocycles. The molecule has 0 atom stereocenters. The van der Waals surface area contributed by atoms with E-state index < -0.39 is 0 Å². The summed E-state index contributed by atoms with van der Waals surface area (Å²) < 4.78 is 2.38. The van der Waals surface area contributed by atoms with Gasteiger partial charge in [-0.3, -0.25) is 0 Å². The van der Waals surface area contributed by atoms with Crippen LogP contribution in [-0.4, -0.2) is 4.57 Å². The Morgan fingerprint density at radius 1 is 0.273 bits per heavy atom. The van der Waals surface area contributed by atoms with Crippen molar-refractivity contribution in [3.8, 4) is 39.1 Å². The Labute approximate surface area is 520 Å². The molecule has 4 heteroatoms. The van der Waals surface area contributed by atoms with Crippen molar-refractivity contribution in [1.29, 1.82) is 0 Å². The summed E-state index contributed by atoms with van der Waals surface area (Å²) in [4.78, 5) is 7.14. The lowest BCUT2D eigenvalue weighted by Gasteiger charge is -2.28. The Kier molecular flexibility index (Phi) is 16.7. The molecule has 0 saturated heterocycles. The number of nitrogens with zero attached hydrogens (tertiary/aromatic N) is 4. The highest BCUT2D eigenvalue weighted by molar-refractivity contribution is 6.10. The van der Waals surface area contributed by atoms with Crippen LogP contribution in [0.3, 0.4) is 0 Å². The van der Waals surface area contributed by atoms with Gasteiger partial charge in [0.05, 0.1) is 11.0 Å². The molecule has 13 aromatic rings. The molecule has 4 nitrogen and oxygen atoms in total. The number of aryl methyl sites for hydroxylation is 5. The average Bonchev–Trinajstić information content (AvgIpc) is 1.84. The van der Waals surface area contributed by atoms with Crippen LogP contribution in [0.5, 0.6) is 0 Å². The maximum atomic E-state index is 2.43. The van der Waals surface area contributed by atoms with Crippen LogP contribution in [0.4, 0.5) is 51.2 Å².